The lowest BCUT2D eigenvalue weighted by Crippen LogP contribution is -2.48. The second-order valence-corrected chi connectivity index (χ2v) is 8.92. The summed E-state index contributed by atoms with van der Waals surface area (Å²) in [4.78, 5) is 16.7. The molecule has 0 spiro atoms. The lowest BCUT2D eigenvalue weighted by Gasteiger charge is -2.41. The van der Waals surface area contributed by atoms with Crippen molar-refractivity contribution < 1.29 is 9.53 Å². The first-order valence-electron chi connectivity index (χ1n) is 11.3. The molecule has 4 aromatic rings. The fourth-order valence-electron chi connectivity index (χ4n) is 4.94. The predicted octanol–water partition coefficient (Wildman–Crippen LogP) is 3.90. The molecule has 0 unspecified atom stereocenters. The second kappa shape index (κ2) is 7.45. The first kappa shape index (κ1) is 20.0. The normalized spacial score (nSPS) is 18.5. The van der Waals surface area contributed by atoms with Gasteiger partial charge in [-0.2, -0.15) is 10.2 Å². The third-order valence-electron chi connectivity index (χ3n) is 6.68. The van der Waals surface area contributed by atoms with Crippen LogP contribution in [0.2, 0.25) is 0 Å². The maximum atomic E-state index is 12.6. The minimum atomic E-state index is 0.0167. The Balaban J connectivity index is 1.50. The molecule has 8 heteroatoms. The highest BCUT2D eigenvalue weighted by atomic mass is 16.5. The van der Waals surface area contributed by atoms with Crippen molar-refractivity contribution in [2.24, 2.45) is 7.05 Å². The Morgan fingerprint density at radius 1 is 1.09 bits per heavy atom. The molecular weight excluding hydrogens is 416 g/mol. The third kappa shape index (κ3) is 3.13. The number of ether oxygens (including phenoxy) is 1. The molecular formula is C25H26N6O2. The molecule has 33 heavy (non-hydrogen) atoms. The summed E-state index contributed by atoms with van der Waals surface area (Å²) >= 11 is 0. The van der Waals surface area contributed by atoms with Crippen LogP contribution in [-0.4, -0.2) is 51.3 Å². The molecule has 2 aliphatic heterocycles. The Labute approximate surface area is 192 Å². The molecule has 1 amide bonds. The highest BCUT2D eigenvalue weighted by Crippen LogP contribution is 2.43. The number of para-hydroxylation sites is 1. The number of aryl methyl sites for hydroxylation is 1. The molecule has 1 saturated heterocycles. The van der Waals surface area contributed by atoms with Gasteiger partial charge in [-0.05, 0) is 36.8 Å². The van der Waals surface area contributed by atoms with Gasteiger partial charge in [-0.3, -0.25) is 14.2 Å². The maximum Gasteiger partial charge on any atom is 0.224 e. The number of nitrogens with zero attached hydrogens (tertiary/aromatic N) is 6. The van der Waals surface area contributed by atoms with E-state index in [4.69, 9.17) is 9.84 Å². The Bertz CT molecular complexity index is 1370. The monoisotopic (exact) mass is 442 g/mol. The lowest BCUT2D eigenvalue weighted by atomic mass is 10.0. The number of amides is 1. The van der Waals surface area contributed by atoms with Gasteiger partial charge < -0.3 is 14.5 Å². The quantitative estimate of drug-likeness (QED) is 0.481. The average Bonchev–Trinajstić information content (AvgIpc) is 3.37. The summed E-state index contributed by atoms with van der Waals surface area (Å²) in [6, 6.07) is 14.8. The van der Waals surface area contributed by atoms with Crippen LogP contribution in [0.5, 0.6) is 0 Å². The summed E-state index contributed by atoms with van der Waals surface area (Å²) in [6.45, 7) is 5.79. The molecule has 2 aromatic carbocycles. The molecule has 6 rings (SSSR count). The zero-order chi connectivity index (χ0) is 22.7. The van der Waals surface area contributed by atoms with E-state index in [9.17, 15) is 4.79 Å². The minimum Gasteiger partial charge on any atom is -0.377 e. The molecule has 2 aliphatic rings. The van der Waals surface area contributed by atoms with Crippen LogP contribution >= 0.6 is 0 Å². The van der Waals surface area contributed by atoms with E-state index in [-0.39, 0.29) is 11.9 Å². The van der Waals surface area contributed by atoms with E-state index in [0.29, 0.717) is 25.8 Å². The summed E-state index contributed by atoms with van der Waals surface area (Å²) in [6.07, 6.45) is 3.97. The van der Waals surface area contributed by atoms with E-state index in [1.54, 1.807) is 6.92 Å². The van der Waals surface area contributed by atoms with Gasteiger partial charge >= 0.3 is 0 Å². The fourth-order valence-corrected chi connectivity index (χ4v) is 4.94. The smallest absolute Gasteiger partial charge is 0.224 e. The van der Waals surface area contributed by atoms with Crippen molar-refractivity contribution in [3.05, 3.63) is 54.9 Å². The molecule has 1 atom stereocenters. The van der Waals surface area contributed by atoms with Crippen LogP contribution in [0.15, 0.2) is 54.9 Å². The summed E-state index contributed by atoms with van der Waals surface area (Å²) < 4.78 is 9.21. The van der Waals surface area contributed by atoms with Crippen LogP contribution in [0, 0.1) is 0 Å². The Hall–Kier alpha value is -3.65. The van der Waals surface area contributed by atoms with Gasteiger partial charge in [-0.15, -0.1) is 0 Å². The maximum absolute atomic E-state index is 12.6. The molecule has 8 nitrogen and oxygen atoms in total. The summed E-state index contributed by atoms with van der Waals surface area (Å²) in [5.74, 6) is 0.948. The summed E-state index contributed by atoms with van der Waals surface area (Å²) in [7, 11) is 1.97. The number of carbonyl (C=O) groups excluding carboxylic acids is 1. The van der Waals surface area contributed by atoms with Gasteiger partial charge in [0.25, 0.3) is 0 Å². The van der Waals surface area contributed by atoms with Crippen molar-refractivity contribution >= 4 is 34.0 Å². The van der Waals surface area contributed by atoms with Gasteiger partial charge in [0.1, 0.15) is 0 Å². The van der Waals surface area contributed by atoms with E-state index in [1.165, 1.54) is 0 Å². The number of aromatic nitrogens is 4. The zero-order valence-corrected chi connectivity index (χ0v) is 19.0. The van der Waals surface area contributed by atoms with Crippen LogP contribution in [0.1, 0.15) is 19.9 Å². The summed E-state index contributed by atoms with van der Waals surface area (Å²) in [5, 5.41) is 10.5. The van der Waals surface area contributed by atoms with Crippen LogP contribution in [-0.2, 0) is 16.6 Å². The molecule has 0 bridgehead atoms. The predicted molar refractivity (Wildman–Crippen MR) is 128 cm³/mol. The second-order valence-electron chi connectivity index (χ2n) is 8.92. The molecule has 4 heterocycles. The number of carbonyl (C=O) groups is 1. The van der Waals surface area contributed by atoms with Crippen LogP contribution in [0.25, 0.3) is 22.0 Å². The van der Waals surface area contributed by atoms with Gasteiger partial charge in [0.2, 0.25) is 5.91 Å². The number of hydrogen-bond acceptors (Lipinski definition) is 5. The Morgan fingerprint density at radius 2 is 1.91 bits per heavy atom. The number of fused-ring (bicyclic) bond motifs is 2. The molecule has 168 valence electrons. The molecule has 0 N–H and O–H groups in total. The van der Waals surface area contributed by atoms with E-state index in [0.717, 1.165) is 39.2 Å². The SMILES string of the molecule is CC(=O)N1c2ccc(-c3cnn(C4COC4)c3)cc2N(c2nn(C)c3ccccc23)C[C@@H]1C. The van der Waals surface area contributed by atoms with Crippen LogP contribution < -0.4 is 9.80 Å². The van der Waals surface area contributed by atoms with Crippen molar-refractivity contribution in [3.63, 3.8) is 0 Å². The molecule has 1 fully saturated rings. The standard InChI is InChI=1S/C25H26N6O2/c1-16-12-29(25-21-6-4-5-7-22(21)28(3)27-25)24-10-18(8-9-23(24)31(16)17(2)32)19-11-26-30(13-19)20-14-33-15-20/h4-11,13,16,20H,12,14-15H2,1-3H3/t16-/m0/s1. The number of benzene rings is 2. The van der Waals surface area contributed by atoms with Gasteiger partial charge in [0, 0.05) is 37.7 Å². The van der Waals surface area contributed by atoms with E-state index in [1.807, 2.05) is 45.7 Å². The first-order chi connectivity index (χ1) is 16.0. The van der Waals surface area contributed by atoms with Crippen molar-refractivity contribution in [2.45, 2.75) is 25.9 Å². The third-order valence-corrected chi connectivity index (χ3v) is 6.68. The van der Waals surface area contributed by atoms with Crippen LogP contribution in [0.3, 0.4) is 0 Å². The molecule has 2 aromatic heterocycles. The van der Waals surface area contributed by atoms with E-state index < -0.39 is 0 Å². The van der Waals surface area contributed by atoms with Crippen molar-refractivity contribution in [1.82, 2.24) is 19.6 Å². The number of rotatable bonds is 3. The van der Waals surface area contributed by atoms with E-state index >= 15 is 0 Å². The van der Waals surface area contributed by atoms with Gasteiger partial charge in [-0.1, -0.05) is 18.2 Å². The first-order valence-corrected chi connectivity index (χ1v) is 11.3. The van der Waals surface area contributed by atoms with Crippen molar-refractivity contribution in [3.8, 4) is 11.1 Å². The van der Waals surface area contributed by atoms with Gasteiger partial charge in [0.15, 0.2) is 5.82 Å². The summed E-state index contributed by atoms with van der Waals surface area (Å²) in [5.41, 5.74) is 5.06. The topological polar surface area (TPSA) is 68.4 Å². The average molecular weight is 443 g/mol. The van der Waals surface area contributed by atoms with Crippen molar-refractivity contribution in [2.75, 3.05) is 29.6 Å². The number of hydrogen-bond donors (Lipinski definition) is 0. The van der Waals surface area contributed by atoms with Crippen LogP contribution in [0.4, 0.5) is 17.2 Å². The Morgan fingerprint density at radius 3 is 2.67 bits per heavy atom. The molecule has 0 radical (unpaired) electrons. The lowest BCUT2D eigenvalue weighted by molar-refractivity contribution is -0.117. The number of anilines is 3. The van der Waals surface area contributed by atoms with E-state index in [2.05, 4.69) is 47.4 Å². The molecule has 0 saturated carbocycles. The van der Waals surface area contributed by atoms with Gasteiger partial charge in [-0.25, -0.2) is 0 Å². The molecule has 0 aliphatic carbocycles. The highest BCUT2D eigenvalue weighted by molar-refractivity contribution is 6.01. The highest BCUT2D eigenvalue weighted by Gasteiger charge is 2.33. The zero-order valence-electron chi connectivity index (χ0n) is 19.0. The van der Waals surface area contributed by atoms with Gasteiger partial charge in [0.05, 0.1) is 48.4 Å². The fraction of sp³-hybridized carbons (Fsp3) is 0.320. The largest absolute Gasteiger partial charge is 0.377 e. The minimum absolute atomic E-state index is 0.0167. The Kier molecular flexibility index (Phi) is 4.51. The van der Waals surface area contributed by atoms with Crippen molar-refractivity contribution in [1.29, 1.82) is 0 Å².